The van der Waals surface area contributed by atoms with Gasteiger partial charge in [0.05, 0.1) is 6.42 Å². The highest BCUT2D eigenvalue weighted by Gasteiger charge is 2.41. The van der Waals surface area contributed by atoms with Crippen molar-refractivity contribution < 1.29 is 24.5 Å². The fourth-order valence-corrected chi connectivity index (χ4v) is 1.58. The smallest absolute Gasteiger partial charge is 0.348 e. The van der Waals surface area contributed by atoms with E-state index < -0.39 is 24.0 Å². The van der Waals surface area contributed by atoms with E-state index in [0.29, 0.717) is 5.75 Å². The third-order valence-corrected chi connectivity index (χ3v) is 2.73. The van der Waals surface area contributed by atoms with Crippen LogP contribution in [0, 0.1) is 6.92 Å². The molecule has 0 amide bonds. The summed E-state index contributed by atoms with van der Waals surface area (Å²) in [6.45, 7) is 3.48. The lowest BCUT2D eigenvalue weighted by molar-refractivity contribution is -0.162. The van der Waals surface area contributed by atoms with Crippen LogP contribution < -0.4 is 4.74 Å². The number of hydrogen-bond acceptors (Lipinski definition) is 3. The van der Waals surface area contributed by atoms with Crippen LogP contribution in [-0.4, -0.2) is 27.8 Å². The quantitative estimate of drug-likeness (QED) is 0.809. The Hall–Kier alpha value is -2.04. The molecule has 5 heteroatoms. The standard InChI is InChI=1S/C13H16O5/c1-3-13(12(16)17,8-11(14)15)18-10-6-4-9(2)5-7-10/h4-7H,3,8H2,1-2H3,(H,14,15)(H,16,17). The van der Waals surface area contributed by atoms with Crippen LogP contribution in [0.5, 0.6) is 5.75 Å². The Bertz CT molecular complexity index is 437. The van der Waals surface area contributed by atoms with E-state index in [0.717, 1.165) is 5.56 Å². The van der Waals surface area contributed by atoms with Crippen LogP contribution in [0.15, 0.2) is 24.3 Å². The van der Waals surface area contributed by atoms with Crippen molar-refractivity contribution in [2.75, 3.05) is 0 Å². The molecule has 0 aliphatic rings. The third-order valence-electron chi connectivity index (χ3n) is 2.73. The van der Waals surface area contributed by atoms with Crippen molar-refractivity contribution in [2.45, 2.75) is 32.3 Å². The number of hydrogen-bond donors (Lipinski definition) is 2. The molecular weight excluding hydrogens is 236 g/mol. The molecule has 0 aliphatic heterocycles. The number of aryl methyl sites for hydroxylation is 1. The van der Waals surface area contributed by atoms with E-state index in [4.69, 9.17) is 9.84 Å². The van der Waals surface area contributed by atoms with E-state index in [2.05, 4.69) is 0 Å². The summed E-state index contributed by atoms with van der Waals surface area (Å²) in [4.78, 5) is 22.1. The van der Waals surface area contributed by atoms with Crippen LogP contribution >= 0.6 is 0 Å². The maximum absolute atomic E-state index is 11.3. The second-order valence-electron chi connectivity index (χ2n) is 4.14. The summed E-state index contributed by atoms with van der Waals surface area (Å²) in [5.74, 6) is -2.12. The summed E-state index contributed by atoms with van der Waals surface area (Å²) >= 11 is 0. The molecule has 1 atom stereocenters. The largest absolute Gasteiger partial charge is 0.481 e. The van der Waals surface area contributed by atoms with E-state index in [1.165, 1.54) is 0 Å². The molecule has 0 heterocycles. The Kier molecular flexibility index (Phi) is 4.31. The van der Waals surface area contributed by atoms with Crippen molar-refractivity contribution in [3.63, 3.8) is 0 Å². The van der Waals surface area contributed by atoms with E-state index in [1.54, 1.807) is 31.2 Å². The highest BCUT2D eigenvalue weighted by Crippen LogP contribution is 2.25. The van der Waals surface area contributed by atoms with E-state index >= 15 is 0 Å². The van der Waals surface area contributed by atoms with Gasteiger partial charge in [0, 0.05) is 0 Å². The molecule has 98 valence electrons. The molecular formula is C13H16O5. The molecule has 0 aromatic heterocycles. The number of carbonyl (C=O) groups is 2. The van der Waals surface area contributed by atoms with Gasteiger partial charge >= 0.3 is 11.9 Å². The van der Waals surface area contributed by atoms with Crippen LogP contribution in [-0.2, 0) is 9.59 Å². The molecule has 18 heavy (non-hydrogen) atoms. The number of rotatable bonds is 6. The summed E-state index contributed by atoms with van der Waals surface area (Å²) < 4.78 is 5.40. The predicted octanol–water partition coefficient (Wildman–Crippen LogP) is 2.08. The molecule has 1 aromatic carbocycles. The number of carboxylic acid groups (broad SMARTS) is 2. The Morgan fingerprint density at radius 1 is 1.22 bits per heavy atom. The first-order valence-corrected chi connectivity index (χ1v) is 5.60. The zero-order chi connectivity index (χ0) is 13.8. The number of ether oxygens (including phenoxy) is 1. The minimum atomic E-state index is -1.72. The SMILES string of the molecule is CCC(CC(=O)O)(Oc1ccc(C)cc1)C(=O)O. The summed E-state index contributed by atoms with van der Waals surface area (Å²) in [6.07, 6.45) is -0.505. The molecule has 0 bridgehead atoms. The van der Waals surface area contributed by atoms with Crippen LogP contribution in [0.4, 0.5) is 0 Å². The summed E-state index contributed by atoms with van der Waals surface area (Å²) in [7, 11) is 0. The van der Waals surface area contributed by atoms with Crippen LogP contribution in [0.2, 0.25) is 0 Å². The lowest BCUT2D eigenvalue weighted by Gasteiger charge is -2.27. The Morgan fingerprint density at radius 2 is 1.78 bits per heavy atom. The van der Waals surface area contributed by atoms with Gasteiger partial charge in [0.15, 0.2) is 0 Å². The number of benzene rings is 1. The van der Waals surface area contributed by atoms with Crippen molar-refractivity contribution in [3.05, 3.63) is 29.8 Å². The summed E-state index contributed by atoms with van der Waals surface area (Å²) in [5.41, 5.74) is -0.709. The topological polar surface area (TPSA) is 83.8 Å². The maximum atomic E-state index is 11.3. The summed E-state index contributed by atoms with van der Waals surface area (Å²) in [6, 6.07) is 6.81. The highest BCUT2D eigenvalue weighted by atomic mass is 16.5. The minimum Gasteiger partial charge on any atom is -0.481 e. The zero-order valence-corrected chi connectivity index (χ0v) is 10.3. The third kappa shape index (κ3) is 3.23. The Labute approximate surface area is 105 Å². The highest BCUT2D eigenvalue weighted by molar-refractivity contribution is 5.84. The van der Waals surface area contributed by atoms with Gasteiger partial charge in [0.1, 0.15) is 5.75 Å². The van der Waals surface area contributed by atoms with Gasteiger partial charge in [-0.3, -0.25) is 4.79 Å². The van der Waals surface area contributed by atoms with Crippen molar-refractivity contribution in [2.24, 2.45) is 0 Å². The van der Waals surface area contributed by atoms with Gasteiger partial charge in [0.25, 0.3) is 0 Å². The van der Waals surface area contributed by atoms with Crippen molar-refractivity contribution >= 4 is 11.9 Å². The van der Waals surface area contributed by atoms with Gasteiger partial charge in [0.2, 0.25) is 5.60 Å². The van der Waals surface area contributed by atoms with Gasteiger partial charge in [-0.05, 0) is 25.5 Å². The average Bonchev–Trinajstić information content (AvgIpc) is 2.30. The molecule has 2 N–H and O–H groups in total. The fourth-order valence-electron chi connectivity index (χ4n) is 1.58. The minimum absolute atomic E-state index is 0.0719. The number of aliphatic carboxylic acids is 2. The van der Waals surface area contributed by atoms with Gasteiger partial charge in [-0.15, -0.1) is 0 Å². The molecule has 1 aromatic rings. The molecule has 5 nitrogen and oxygen atoms in total. The van der Waals surface area contributed by atoms with Gasteiger partial charge < -0.3 is 14.9 Å². The zero-order valence-electron chi connectivity index (χ0n) is 10.3. The van der Waals surface area contributed by atoms with Crippen LogP contribution in [0.1, 0.15) is 25.3 Å². The normalized spacial score (nSPS) is 13.7. The summed E-state index contributed by atoms with van der Waals surface area (Å²) in [5, 5.41) is 18.0. The van der Waals surface area contributed by atoms with Gasteiger partial charge in [-0.1, -0.05) is 24.6 Å². The molecule has 1 unspecified atom stereocenters. The van der Waals surface area contributed by atoms with Crippen molar-refractivity contribution in [3.8, 4) is 5.75 Å². The number of carboxylic acids is 2. The molecule has 0 radical (unpaired) electrons. The first-order chi connectivity index (χ1) is 8.39. The molecule has 0 spiro atoms. The first kappa shape index (κ1) is 14.0. The molecule has 0 aliphatic carbocycles. The maximum Gasteiger partial charge on any atom is 0.348 e. The molecule has 1 rings (SSSR count). The van der Waals surface area contributed by atoms with Crippen LogP contribution in [0.3, 0.4) is 0 Å². The second kappa shape index (κ2) is 5.53. The molecule has 0 saturated carbocycles. The predicted molar refractivity (Wildman–Crippen MR) is 64.7 cm³/mol. The lowest BCUT2D eigenvalue weighted by atomic mass is 9.96. The van der Waals surface area contributed by atoms with E-state index in [1.807, 2.05) is 6.92 Å². The van der Waals surface area contributed by atoms with E-state index in [9.17, 15) is 14.7 Å². The van der Waals surface area contributed by atoms with Gasteiger partial charge in [-0.2, -0.15) is 0 Å². The lowest BCUT2D eigenvalue weighted by Crippen LogP contribution is -2.46. The van der Waals surface area contributed by atoms with Gasteiger partial charge in [-0.25, -0.2) is 4.79 Å². The fraction of sp³-hybridized carbons (Fsp3) is 0.385. The Morgan fingerprint density at radius 3 is 2.17 bits per heavy atom. The Balaban J connectivity index is 3.00. The van der Waals surface area contributed by atoms with E-state index in [-0.39, 0.29) is 6.42 Å². The van der Waals surface area contributed by atoms with Crippen molar-refractivity contribution in [1.29, 1.82) is 0 Å². The monoisotopic (exact) mass is 252 g/mol. The molecule has 0 saturated heterocycles. The van der Waals surface area contributed by atoms with Crippen molar-refractivity contribution in [1.82, 2.24) is 0 Å². The second-order valence-corrected chi connectivity index (χ2v) is 4.14. The van der Waals surface area contributed by atoms with Crippen LogP contribution in [0.25, 0.3) is 0 Å². The molecule has 0 fully saturated rings. The first-order valence-electron chi connectivity index (χ1n) is 5.60. The average molecular weight is 252 g/mol.